The lowest BCUT2D eigenvalue weighted by molar-refractivity contribution is -0.386. The maximum Gasteiger partial charge on any atom is 0.335 e. The molecule has 7 heteroatoms. The molecule has 1 saturated carbocycles. The Bertz CT molecular complexity index is 536. The summed E-state index contributed by atoms with van der Waals surface area (Å²) in [7, 11) is 0. The topological polar surface area (TPSA) is 110 Å². The van der Waals surface area contributed by atoms with Crippen molar-refractivity contribution in [3.05, 3.63) is 33.9 Å². The van der Waals surface area contributed by atoms with Gasteiger partial charge in [0.25, 0.3) is 0 Å². The Morgan fingerprint density at radius 1 is 1.40 bits per heavy atom. The Kier molecular flexibility index (Phi) is 3.89. The van der Waals surface area contributed by atoms with Crippen molar-refractivity contribution >= 4 is 11.7 Å². The Morgan fingerprint density at radius 3 is 2.60 bits per heavy atom. The highest BCUT2D eigenvalue weighted by Crippen LogP contribution is 2.33. The molecule has 1 aliphatic rings. The predicted molar refractivity (Wildman–Crippen MR) is 69.0 cm³/mol. The van der Waals surface area contributed by atoms with Crippen LogP contribution in [0.4, 0.5) is 5.69 Å². The summed E-state index contributed by atoms with van der Waals surface area (Å²) < 4.78 is 5.32. The maximum absolute atomic E-state index is 10.9. The molecule has 0 heterocycles. The fourth-order valence-electron chi connectivity index (χ4n) is 2.30. The monoisotopic (exact) mass is 281 g/mol. The number of aliphatic hydroxyl groups is 1. The van der Waals surface area contributed by atoms with Crippen LogP contribution in [0, 0.1) is 10.1 Å². The molecule has 1 aromatic rings. The number of rotatable bonds is 5. The van der Waals surface area contributed by atoms with E-state index in [1.807, 2.05) is 0 Å². The zero-order valence-corrected chi connectivity index (χ0v) is 10.7. The molecule has 0 bridgehead atoms. The number of carboxylic acid groups (broad SMARTS) is 1. The van der Waals surface area contributed by atoms with Gasteiger partial charge in [0.05, 0.1) is 16.1 Å². The summed E-state index contributed by atoms with van der Waals surface area (Å²) in [5, 5.41) is 29.9. The van der Waals surface area contributed by atoms with Crippen molar-refractivity contribution in [1.29, 1.82) is 0 Å². The van der Waals surface area contributed by atoms with Gasteiger partial charge in [-0.2, -0.15) is 0 Å². The molecule has 1 aliphatic carbocycles. The van der Waals surface area contributed by atoms with Gasteiger partial charge >= 0.3 is 11.7 Å². The van der Waals surface area contributed by atoms with Gasteiger partial charge < -0.3 is 14.9 Å². The van der Waals surface area contributed by atoms with Crippen LogP contribution in [-0.4, -0.2) is 33.3 Å². The molecule has 2 N–H and O–H groups in total. The molecule has 7 nitrogen and oxygen atoms in total. The molecule has 0 aromatic heterocycles. The molecule has 0 atom stereocenters. The highest BCUT2D eigenvalue weighted by Gasteiger charge is 2.32. The van der Waals surface area contributed by atoms with Crippen molar-refractivity contribution in [3.8, 4) is 5.75 Å². The first-order chi connectivity index (χ1) is 9.41. The summed E-state index contributed by atoms with van der Waals surface area (Å²) in [5.74, 6) is -1.32. The standard InChI is InChI=1S/C13H15NO6/c15-12(16)9-3-4-10(14(18)19)11(7-9)20-8-13(17)5-1-2-6-13/h3-4,7,17H,1-2,5-6,8H2,(H,15,16). The van der Waals surface area contributed by atoms with E-state index in [4.69, 9.17) is 9.84 Å². The molecule has 108 valence electrons. The summed E-state index contributed by atoms with van der Waals surface area (Å²) in [4.78, 5) is 21.1. The van der Waals surface area contributed by atoms with Gasteiger partial charge in [0.2, 0.25) is 0 Å². The first-order valence-electron chi connectivity index (χ1n) is 6.28. The third-order valence-corrected chi connectivity index (χ3v) is 3.43. The van der Waals surface area contributed by atoms with Crippen LogP contribution in [0.5, 0.6) is 5.75 Å². The molecular weight excluding hydrogens is 266 g/mol. The van der Waals surface area contributed by atoms with E-state index in [0.717, 1.165) is 31.0 Å². The van der Waals surface area contributed by atoms with Crippen LogP contribution >= 0.6 is 0 Å². The Balaban J connectivity index is 2.21. The van der Waals surface area contributed by atoms with Crippen LogP contribution in [0.15, 0.2) is 18.2 Å². The van der Waals surface area contributed by atoms with E-state index in [1.165, 1.54) is 0 Å². The molecule has 0 spiro atoms. The Morgan fingerprint density at radius 2 is 2.05 bits per heavy atom. The third kappa shape index (κ3) is 3.05. The van der Waals surface area contributed by atoms with Crippen LogP contribution < -0.4 is 4.74 Å². The fraction of sp³-hybridized carbons (Fsp3) is 0.462. The zero-order valence-electron chi connectivity index (χ0n) is 10.7. The van der Waals surface area contributed by atoms with Gasteiger partial charge in [-0.15, -0.1) is 0 Å². The molecular formula is C13H15NO6. The smallest absolute Gasteiger partial charge is 0.335 e. The van der Waals surface area contributed by atoms with Crippen LogP contribution in [0.25, 0.3) is 0 Å². The summed E-state index contributed by atoms with van der Waals surface area (Å²) >= 11 is 0. The van der Waals surface area contributed by atoms with E-state index in [9.17, 15) is 20.0 Å². The number of hydrogen-bond acceptors (Lipinski definition) is 5. The van der Waals surface area contributed by atoms with Crippen LogP contribution in [-0.2, 0) is 0 Å². The van der Waals surface area contributed by atoms with Gasteiger partial charge in [0.1, 0.15) is 6.61 Å². The lowest BCUT2D eigenvalue weighted by Gasteiger charge is -2.22. The van der Waals surface area contributed by atoms with E-state index in [-0.39, 0.29) is 23.6 Å². The number of ether oxygens (including phenoxy) is 1. The quantitative estimate of drug-likeness (QED) is 0.630. The molecule has 0 unspecified atom stereocenters. The van der Waals surface area contributed by atoms with Crippen LogP contribution in [0.1, 0.15) is 36.0 Å². The lowest BCUT2D eigenvalue weighted by Crippen LogP contribution is -2.32. The van der Waals surface area contributed by atoms with Crippen molar-refractivity contribution < 1.29 is 24.7 Å². The van der Waals surface area contributed by atoms with Crippen molar-refractivity contribution in [1.82, 2.24) is 0 Å². The summed E-state index contributed by atoms with van der Waals surface area (Å²) in [6.07, 6.45) is 2.94. The first-order valence-corrected chi connectivity index (χ1v) is 6.28. The molecule has 1 aromatic carbocycles. The number of carboxylic acids is 1. The number of nitrogens with zero attached hydrogens (tertiary/aromatic N) is 1. The second kappa shape index (κ2) is 5.46. The van der Waals surface area contributed by atoms with Gasteiger partial charge in [0, 0.05) is 12.1 Å². The van der Waals surface area contributed by atoms with Crippen LogP contribution in [0.3, 0.4) is 0 Å². The number of nitro groups is 1. The van der Waals surface area contributed by atoms with E-state index in [2.05, 4.69) is 0 Å². The second-order valence-electron chi connectivity index (χ2n) is 4.96. The minimum atomic E-state index is -1.19. The largest absolute Gasteiger partial charge is 0.484 e. The number of aromatic carboxylic acids is 1. The molecule has 20 heavy (non-hydrogen) atoms. The number of nitro benzene ring substituents is 1. The molecule has 2 rings (SSSR count). The molecule has 0 saturated heterocycles. The average molecular weight is 281 g/mol. The van der Waals surface area contributed by atoms with Gasteiger partial charge in [-0.25, -0.2) is 4.79 Å². The zero-order chi connectivity index (χ0) is 14.8. The number of hydrogen-bond donors (Lipinski definition) is 2. The molecule has 1 fully saturated rings. The third-order valence-electron chi connectivity index (χ3n) is 3.43. The second-order valence-corrected chi connectivity index (χ2v) is 4.96. The minimum absolute atomic E-state index is 0.0725. The molecule has 0 amide bonds. The Labute approximate surface area is 114 Å². The number of benzene rings is 1. The first kappa shape index (κ1) is 14.3. The van der Waals surface area contributed by atoms with Crippen molar-refractivity contribution in [2.45, 2.75) is 31.3 Å². The van der Waals surface area contributed by atoms with Gasteiger partial charge in [-0.3, -0.25) is 10.1 Å². The fourth-order valence-corrected chi connectivity index (χ4v) is 2.30. The van der Waals surface area contributed by atoms with Crippen molar-refractivity contribution in [2.75, 3.05) is 6.61 Å². The van der Waals surface area contributed by atoms with Gasteiger partial charge in [-0.05, 0) is 18.9 Å². The van der Waals surface area contributed by atoms with Crippen molar-refractivity contribution in [2.24, 2.45) is 0 Å². The SMILES string of the molecule is O=C(O)c1ccc([N+](=O)[O-])c(OCC2(O)CCCC2)c1. The van der Waals surface area contributed by atoms with Gasteiger partial charge in [-0.1, -0.05) is 12.8 Å². The van der Waals surface area contributed by atoms with Crippen LogP contribution in [0.2, 0.25) is 0 Å². The Hall–Kier alpha value is -2.15. The molecule has 0 radical (unpaired) electrons. The van der Waals surface area contributed by atoms with E-state index < -0.39 is 16.5 Å². The summed E-state index contributed by atoms with van der Waals surface area (Å²) in [5.41, 5.74) is -1.38. The maximum atomic E-state index is 10.9. The average Bonchev–Trinajstić information content (AvgIpc) is 2.83. The highest BCUT2D eigenvalue weighted by atomic mass is 16.6. The van der Waals surface area contributed by atoms with Gasteiger partial charge in [0.15, 0.2) is 5.75 Å². The highest BCUT2D eigenvalue weighted by molar-refractivity contribution is 5.88. The minimum Gasteiger partial charge on any atom is -0.484 e. The summed E-state index contributed by atoms with van der Waals surface area (Å²) in [6, 6.07) is 3.36. The molecule has 0 aliphatic heterocycles. The number of carbonyl (C=O) groups is 1. The lowest BCUT2D eigenvalue weighted by atomic mass is 10.0. The normalized spacial score (nSPS) is 16.9. The van der Waals surface area contributed by atoms with E-state index >= 15 is 0 Å². The predicted octanol–water partition coefficient (Wildman–Crippen LogP) is 1.98. The van der Waals surface area contributed by atoms with Crippen molar-refractivity contribution in [3.63, 3.8) is 0 Å². The summed E-state index contributed by atoms with van der Waals surface area (Å²) in [6.45, 7) is -0.0725. The van der Waals surface area contributed by atoms with E-state index in [1.54, 1.807) is 0 Å². The van der Waals surface area contributed by atoms with E-state index in [0.29, 0.717) is 12.8 Å².